The summed E-state index contributed by atoms with van der Waals surface area (Å²) in [6.45, 7) is 4.10. The van der Waals surface area contributed by atoms with Crippen molar-refractivity contribution in [2.45, 2.75) is 45.3 Å². The molecule has 2 amide bonds. The number of hydrogen-bond donors (Lipinski definition) is 3. The van der Waals surface area contributed by atoms with Crippen LogP contribution >= 0.6 is 0 Å². The van der Waals surface area contributed by atoms with Crippen LogP contribution < -0.4 is 10.6 Å². The molecule has 7 nitrogen and oxygen atoms in total. The molecule has 0 spiro atoms. The van der Waals surface area contributed by atoms with Gasteiger partial charge in [0.05, 0.1) is 6.10 Å². The Balaban J connectivity index is 2.10. The number of aliphatic hydroxyl groups excluding tert-OH is 1. The molecule has 0 aliphatic carbocycles. The Morgan fingerprint density at radius 2 is 2.08 bits per heavy atom. The number of nitrogens with zero attached hydrogens (tertiary/aromatic N) is 2. The summed E-state index contributed by atoms with van der Waals surface area (Å²) in [5.74, 6) is 0.986. The molecule has 2 unspecified atom stereocenters. The molecule has 0 bridgehead atoms. The van der Waals surface area contributed by atoms with Crippen LogP contribution in [0.3, 0.4) is 0 Å². The van der Waals surface area contributed by atoms with Crippen LogP contribution in [0, 0.1) is 0 Å². The molecule has 1 heterocycles. The van der Waals surface area contributed by atoms with Crippen molar-refractivity contribution in [2.24, 2.45) is 0 Å². The molecule has 0 aliphatic rings. The van der Waals surface area contributed by atoms with Crippen LogP contribution in [-0.2, 0) is 6.42 Å². The van der Waals surface area contributed by atoms with E-state index in [9.17, 15) is 9.90 Å². The van der Waals surface area contributed by atoms with Crippen LogP contribution in [0.5, 0.6) is 0 Å². The standard InChI is InChI=1S/C17H24N4O3/c1-3-7-14-19-16(21-24-14)15(13-8-5-4-6-9-13)20-17(23)18-11-10-12(2)22/h4-6,8-9,12,15,22H,3,7,10-11H2,1-2H3,(H2,18,20,23). The summed E-state index contributed by atoms with van der Waals surface area (Å²) < 4.78 is 5.24. The number of nitrogens with one attached hydrogen (secondary N) is 2. The number of carbonyl (C=O) groups excluding carboxylic acids is 1. The van der Waals surface area contributed by atoms with Gasteiger partial charge < -0.3 is 20.3 Å². The van der Waals surface area contributed by atoms with Crippen LogP contribution in [0.25, 0.3) is 0 Å². The van der Waals surface area contributed by atoms with Gasteiger partial charge in [-0.15, -0.1) is 0 Å². The van der Waals surface area contributed by atoms with Gasteiger partial charge in [-0.2, -0.15) is 4.98 Å². The first-order chi connectivity index (χ1) is 11.6. The summed E-state index contributed by atoms with van der Waals surface area (Å²) in [5, 5.41) is 18.8. The van der Waals surface area contributed by atoms with E-state index in [0.717, 1.165) is 12.0 Å². The van der Waals surface area contributed by atoms with E-state index in [1.807, 2.05) is 37.3 Å². The summed E-state index contributed by atoms with van der Waals surface area (Å²) in [6, 6.07) is 8.65. The second kappa shape index (κ2) is 9.02. The monoisotopic (exact) mass is 332 g/mol. The molecule has 130 valence electrons. The normalized spacial score (nSPS) is 13.3. The Morgan fingerprint density at radius 3 is 2.75 bits per heavy atom. The predicted octanol–water partition coefficient (Wildman–Crippen LogP) is 2.18. The number of rotatable bonds is 8. The third-order valence-corrected chi connectivity index (χ3v) is 3.46. The van der Waals surface area contributed by atoms with Crippen LogP contribution in [0.4, 0.5) is 4.79 Å². The molecule has 3 N–H and O–H groups in total. The van der Waals surface area contributed by atoms with Crippen molar-refractivity contribution in [1.82, 2.24) is 20.8 Å². The molecule has 7 heteroatoms. The van der Waals surface area contributed by atoms with Crippen LogP contribution in [0.1, 0.15) is 50.0 Å². The number of aliphatic hydroxyl groups is 1. The zero-order chi connectivity index (χ0) is 17.4. The van der Waals surface area contributed by atoms with E-state index < -0.39 is 12.1 Å². The summed E-state index contributed by atoms with van der Waals surface area (Å²) in [5.41, 5.74) is 0.868. The van der Waals surface area contributed by atoms with Crippen molar-refractivity contribution < 1.29 is 14.4 Å². The summed E-state index contributed by atoms with van der Waals surface area (Å²) in [6.07, 6.45) is 1.65. The molecule has 1 aromatic carbocycles. The number of amides is 2. The number of carbonyl (C=O) groups is 1. The molecular formula is C17H24N4O3. The molecule has 0 saturated heterocycles. The van der Waals surface area contributed by atoms with Gasteiger partial charge in [-0.1, -0.05) is 42.4 Å². The summed E-state index contributed by atoms with van der Waals surface area (Å²) in [7, 11) is 0. The average molecular weight is 332 g/mol. The number of aromatic nitrogens is 2. The largest absolute Gasteiger partial charge is 0.393 e. The highest BCUT2D eigenvalue weighted by Crippen LogP contribution is 2.19. The van der Waals surface area contributed by atoms with Gasteiger partial charge in [0.15, 0.2) is 5.82 Å². The Morgan fingerprint density at radius 1 is 1.33 bits per heavy atom. The second-order valence-electron chi connectivity index (χ2n) is 5.68. The van der Waals surface area contributed by atoms with Crippen molar-refractivity contribution in [3.63, 3.8) is 0 Å². The molecule has 2 aromatic rings. The minimum Gasteiger partial charge on any atom is -0.393 e. The van der Waals surface area contributed by atoms with E-state index in [0.29, 0.717) is 31.1 Å². The highest BCUT2D eigenvalue weighted by Gasteiger charge is 2.22. The lowest BCUT2D eigenvalue weighted by molar-refractivity contribution is 0.183. The van der Waals surface area contributed by atoms with Gasteiger partial charge in [0.2, 0.25) is 5.89 Å². The Hall–Kier alpha value is -2.41. The maximum Gasteiger partial charge on any atom is 0.315 e. The topological polar surface area (TPSA) is 100 Å². The predicted molar refractivity (Wildman–Crippen MR) is 89.4 cm³/mol. The average Bonchev–Trinajstić information content (AvgIpc) is 3.02. The van der Waals surface area contributed by atoms with Crippen LogP contribution in [0.15, 0.2) is 34.9 Å². The molecule has 0 radical (unpaired) electrons. The number of urea groups is 1. The van der Waals surface area contributed by atoms with Gasteiger partial charge >= 0.3 is 6.03 Å². The molecule has 24 heavy (non-hydrogen) atoms. The number of hydrogen-bond acceptors (Lipinski definition) is 5. The van der Waals surface area contributed by atoms with Gasteiger partial charge in [0.1, 0.15) is 6.04 Å². The Bertz CT molecular complexity index is 628. The fourth-order valence-electron chi connectivity index (χ4n) is 2.22. The van der Waals surface area contributed by atoms with Crippen molar-refractivity contribution in [2.75, 3.05) is 6.54 Å². The molecule has 0 fully saturated rings. The van der Waals surface area contributed by atoms with E-state index in [2.05, 4.69) is 20.8 Å². The third kappa shape index (κ3) is 5.34. The van der Waals surface area contributed by atoms with Gasteiger partial charge in [-0.25, -0.2) is 4.79 Å². The quantitative estimate of drug-likeness (QED) is 0.688. The highest BCUT2D eigenvalue weighted by molar-refractivity contribution is 5.74. The van der Waals surface area contributed by atoms with Crippen LogP contribution in [0.2, 0.25) is 0 Å². The first-order valence-corrected chi connectivity index (χ1v) is 8.20. The first kappa shape index (κ1) is 17.9. The molecule has 2 atom stereocenters. The lowest BCUT2D eigenvalue weighted by atomic mass is 10.1. The second-order valence-corrected chi connectivity index (χ2v) is 5.68. The van der Waals surface area contributed by atoms with E-state index in [1.165, 1.54) is 0 Å². The van der Waals surface area contributed by atoms with Gasteiger partial charge in [-0.3, -0.25) is 0 Å². The zero-order valence-corrected chi connectivity index (χ0v) is 14.0. The Kier molecular flexibility index (Phi) is 6.74. The molecule has 2 rings (SSSR count). The lowest BCUT2D eigenvalue weighted by Gasteiger charge is -2.16. The maximum absolute atomic E-state index is 12.1. The number of aryl methyl sites for hydroxylation is 1. The van der Waals surface area contributed by atoms with Crippen molar-refractivity contribution in [3.05, 3.63) is 47.6 Å². The zero-order valence-electron chi connectivity index (χ0n) is 14.0. The molecule has 1 aromatic heterocycles. The van der Waals surface area contributed by atoms with E-state index in [-0.39, 0.29) is 6.03 Å². The third-order valence-electron chi connectivity index (χ3n) is 3.46. The molecular weight excluding hydrogens is 308 g/mol. The van der Waals surface area contributed by atoms with Crippen molar-refractivity contribution >= 4 is 6.03 Å². The summed E-state index contributed by atoms with van der Waals surface area (Å²) >= 11 is 0. The smallest absolute Gasteiger partial charge is 0.315 e. The minimum absolute atomic E-state index is 0.341. The first-order valence-electron chi connectivity index (χ1n) is 8.20. The highest BCUT2D eigenvalue weighted by atomic mass is 16.5. The minimum atomic E-state index is -0.493. The lowest BCUT2D eigenvalue weighted by Crippen LogP contribution is -2.39. The van der Waals surface area contributed by atoms with E-state index in [4.69, 9.17) is 4.52 Å². The van der Waals surface area contributed by atoms with E-state index in [1.54, 1.807) is 6.92 Å². The maximum atomic E-state index is 12.1. The summed E-state index contributed by atoms with van der Waals surface area (Å²) in [4.78, 5) is 16.5. The van der Waals surface area contributed by atoms with E-state index >= 15 is 0 Å². The SMILES string of the molecule is CCCc1nc(C(NC(=O)NCCC(C)O)c2ccccc2)no1. The van der Waals surface area contributed by atoms with Crippen molar-refractivity contribution in [1.29, 1.82) is 0 Å². The molecule has 0 saturated carbocycles. The van der Waals surface area contributed by atoms with Crippen LogP contribution in [-0.4, -0.2) is 33.9 Å². The fourth-order valence-corrected chi connectivity index (χ4v) is 2.22. The van der Waals surface area contributed by atoms with Gasteiger partial charge in [0.25, 0.3) is 0 Å². The molecule has 0 aliphatic heterocycles. The Labute approximate surface area is 141 Å². The van der Waals surface area contributed by atoms with Gasteiger partial charge in [0, 0.05) is 13.0 Å². The fraction of sp³-hybridized carbons (Fsp3) is 0.471. The number of benzene rings is 1. The van der Waals surface area contributed by atoms with Crippen molar-refractivity contribution in [3.8, 4) is 0 Å². The van der Waals surface area contributed by atoms with Gasteiger partial charge in [-0.05, 0) is 25.3 Å².